The Hall–Kier alpha value is -3.19. The highest BCUT2D eigenvalue weighted by Gasteiger charge is 2.26. The van der Waals surface area contributed by atoms with E-state index in [2.05, 4.69) is 4.98 Å². The zero-order valence-electron chi connectivity index (χ0n) is 17.5. The van der Waals surface area contributed by atoms with Gasteiger partial charge in [-0.3, -0.25) is 4.79 Å². The van der Waals surface area contributed by atoms with Crippen LogP contribution in [-0.2, 0) is 17.8 Å². The van der Waals surface area contributed by atoms with E-state index < -0.39 is 5.82 Å². The molecule has 31 heavy (non-hydrogen) atoms. The summed E-state index contributed by atoms with van der Waals surface area (Å²) in [6.45, 7) is 1.98. The third-order valence-electron chi connectivity index (χ3n) is 5.49. The maximum atomic E-state index is 14.3. The van der Waals surface area contributed by atoms with Gasteiger partial charge in [-0.25, -0.2) is 9.37 Å². The molecule has 0 saturated carbocycles. The van der Waals surface area contributed by atoms with E-state index in [9.17, 15) is 9.18 Å². The fraction of sp³-hybridized carbons (Fsp3) is 0.333. The van der Waals surface area contributed by atoms with Gasteiger partial charge in [0.25, 0.3) is 5.91 Å². The van der Waals surface area contributed by atoms with Gasteiger partial charge in [-0.2, -0.15) is 0 Å². The third kappa shape index (κ3) is 5.11. The highest BCUT2D eigenvalue weighted by molar-refractivity contribution is 5.94. The number of hydrogen-bond acceptors (Lipinski definition) is 4. The lowest BCUT2D eigenvalue weighted by atomic mass is 10.1. The second kappa shape index (κ2) is 9.75. The first kappa shape index (κ1) is 21.1. The van der Waals surface area contributed by atoms with Crippen molar-refractivity contribution in [1.82, 2.24) is 14.5 Å². The van der Waals surface area contributed by atoms with Gasteiger partial charge in [0.1, 0.15) is 17.4 Å². The monoisotopic (exact) mass is 423 g/mol. The van der Waals surface area contributed by atoms with Crippen LogP contribution in [0.5, 0.6) is 5.75 Å². The molecule has 0 bridgehead atoms. The highest BCUT2D eigenvalue weighted by Crippen LogP contribution is 2.19. The van der Waals surface area contributed by atoms with Crippen molar-refractivity contribution in [3.63, 3.8) is 0 Å². The second-order valence-corrected chi connectivity index (χ2v) is 7.62. The van der Waals surface area contributed by atoms with Gasteiger partial charge in [-0.1, -0.05) is 24.3 Å². The van der Waals surface area contributed by atoms with Gasteiger partial charge in [0.15, 0.2) is 0 Å². The first-order chi connectivity index (χ1) is 15.1. The molecule has 2 heterocycles. The standard InChI is InChI=1S/C24H26FN3O3/c1-30-19-10-8-18(9-11-19)15-27-13-12-26-23(27)17-28(16-20-5-4-14-31-20)24(29)21-6-2-3-7-22(21)25/h2-3,6-13,20H,4-5,14-17H2,1H3. The Morgan fingerprint density at radius 2 is 2.06 bits per heavy atom. The number of imidazole rings is 1. The van der Waals surface area contributed by atoms with E-state index in [1.165, 1.54) is 12.1 Å². The van der Waals surface area contributed by atoms with E-state index >= 15 is 0 Å². The number of methoxy groups -OCH3 is 1. The Balaban J connectivity index is 1.54. The van der Waals surface area contributed by atoms with Crippen LogP contribution in [0.4, 0.5) is 4.39 Å². The number of halogens is 1. The molecule has 4 rings (SSSR count). The summed E-state index contributed by atoms with van der Waals surface area (Å²) in [7, 11) is 1.64. The molecule has 1 aromatic heterocycles. The van der Waals surface area contributed by atoms with Gasteiger partial charge in [0, 0.05) is 32.1 Å². The Bertz CT molecular complexity index is 1010. The lowest BCUT2D eigenvalue weighted by molar-refractivity contribution is 0.0495. The first-order valence-electron chi connectivity index (χ1n) is 10.4. The van der Waals surface area contributed by atoms with Crippen molar-refractivity contribution in [2.75, 3.05) is 20.3 Å². The van der Waals surface area contributed by atoms with Crippen molar-refractivity contribution in [2.45, 2.75) is 32.0 Å². The highest BCUT2D eigenvalue weighted by atomic mass is 19.1. The average Bonchev–Trinajstić information content (AvgIpc) is 3.46. The minimum Gasteiger partial charge on any atom is -0.497 e. The van der Waals surface area contributed by atoms with Crippen molar-refractivity contribution >= 4 is 5.91 Å². The molecule has 3 aromatic rings. The Morgan fingerprint density at radius 1 is 1.26 bits per heavy atom. The average molecular weight is 423 g/mol. The van der Waals surface area contributed by atoms with Crippen LogP contribution in [0.2, 0.25) is 0 Å². The summed E-state index contributed by atoms with van der Waals surface area (Å²) in [6, 6.07) is 13.9. The summed E-state index contributed by atoms with van der Waals surface area (Å²) in [4.78, 5) is 19.3. The Morgan fingerprint density at radius 3 is 2.77 bits per heavy atom. The molecule has 6 nitrogen and oxygen atoms in total. The Labute approximate surface area is 181 Å². The quantitative estimate of drug-likeness (QED) is 0.551. The van der Waals surface area contributed by atoms with Gasteiger partial charge in [0.2, 0.25) is 0 Å². The van der Waals surface area contributed by atoms with Gasteiger partial charge in [0.05, 0.1) is 25.3 Å². The molecule has 1 saturated heterocycles. The number of benzene rings is 2. The van der Waals surface area contributed by atoms with E-state index in [0.717, 1.165) is 30.0 Å². The smallest absolute Gasteiger partial charge is 0.257 e. The number of carbonyl (C=O) groups excluding carboxylic acids is 1. The normalized spacial score (nSPS) is 15.7. The van der Waals surface area contributed by atoms with Crippen LogP contribution in [0.15, 0.2) is 60.9 Å². The molecular formula is C24H26FN3O3. The SMILES string of the molecule is COc1ccc(Cn2ccnc2CN(CC2CCCO2)C(=O)c2ccccc2F)cc1. The largest absolute Gasteiger partial charge is 0.497 e. The van der Waals surface area contributed by atoms with Crippen molar-refractivity contribution < 1.29 is 18.7 Å². The molecule has 2 aromatic carbocycles. The van der Waals surface area contributed by atoms with E-state index in [4.69, 9.17) is 9.47 Å². The zero-order chi connectivity index (χ0) is 21.6. The van der Waals surface area contributed by atoms with Crippen LogP contribution in [-0.4, -0.2) is 46.7 Å². The summed E-state index contributed by atoms with van der Waals surface area (Å²) in [5.41, 5.74) is 1.15. The predicted octanol–water partition coefficient (Wildman–Crippen LogP) is 3.90. The van der Waals surface area contributed by atoms with Crippen LogP contribution in [0, 0.1) is 5.82 Å². The fourth-order valence-electron chi connectivity index (χ4n) is 3.79. The minimum atomic E-state index is -0.522. The molecule has 1 aliphatic heterocycles. The maximum absolute atomic E-state index is 14.3. The van der Waals surface area contributed by atoms with E-state index in [0.29, 0.717) is 19.7 Å². The number of carbonyl (C=O) groups is 1. The molecule has 0 aliphatic carbocycles. The molecule has 1 aliphatic rings. The van der Waals surface area contributed by atoms with Gasteiger partial charge >= 0.3 is 0 Å². The third-order valence-corrected chi connectivity index (χ3v) is 5.49. The predicted molar refractivity (Wildman–Crippen MR) is 114 cm³/mol. The molecule has 7 heteroatoms. The molecule has 0 spiro atoms. The number of ether oxygens (including phenoxy) is 2. The molecule has 1 atom stereocenters. The van der Waals surface area contributed by atoms with Crippen molar-refractivity contribution in [1.29, 1.82) is 0 Å². The summed E-state index contributed by atoms with van der Waals surface area (Å²) in [5, 5.41) is 0. The number of hydrogen-bond donors (Lipinski definition) is 0. The van der Waals surface area contributed by atoms with Crippen molar-refractivity contribution in [3.05, 3.63) is 83.7 Å². The van der Waals surface area contributed by atoms with Crippen LogP contribution >= 0.6 is 0 Å². The minimum absolute atomic E-state index is 0.0410. The zero-order valence-corrected chi connectivity index (χ0v) is 17.5. The number of amides is 1. The lowest BCUT2D eigenvalue weighted by Crippen LogP contribution is -2.38. The summed E-state index contributed by atoms with van der Waals surface area (Å²) >= 11 is 0. The number of nitrogens with zero attached hydrogens (tertiary/aromatic N) is 3. The van der Waals surface area contributed by atoms with Crippen LogP contribution in [0.3, 0.4) is 0 Å². The summed E-state index contributed by atoms with van der Waals surface area (Å²) < 4.78 is 27.3. The van der Waals surface area contributed by atoms with E-state index in [1.54, 1.807) is 30.3 Å². The van der Waals surface area contributed by atoms with Crippen LogP contribution in [0.1, 0.15) is 34.6 Å². The molecule has 1 unspecified atom stereocenters. The van der Waals surface area contributed by atoms with Crippen LogP contribution in [0.25, 0.3) is 0 Å². The van der Waals surface area contributed by atoms with Gasteiger partial charge in [-0.15, -0.1) is 0 Å². The van der Waals surface area contributed by atoms with Crippen molar-refractivity contribution in [2.24, 2.45) is 0 Å². The molecular weight excluding hydrogens is 397 g/mol. The van der Waals surface area contributed by atoms with E-state index in [1.807, 2.05) is 35.0 Å². The number of rotatable bonds is 8. The molecule has 0 radical (unpaired) electrons. The maximum Gasteiger partial charge on any atom is 0.257 e. The van der Waals surface area contributed by atoms with Gasteiger partial charge < -0.3 is 18.9 Å². The summed E-state index contributed by atoms with van der Waals surface area (Å²) in [6.07, 6.45) is 5.43. The summed E-state index contributed by atoms with van der Waals surface area (Å²) in [5.74, 6) is 0.658. The lowest BCUT2D eigenvalue weighted by Gasteiger charge is -2.26. The Kier molecular flexibility index (Phi) is 6.62. The molecule has 1 fully saturated rings. The molecule has 1 amide bonds. The van der Waals surface area contributed by atoms with E-state index in [-0.39, 0.29) is 24.1 Å². The number of aromatic nitrogens is 2. The van der Waals surface area contributed by atoms with Gasteiger partial charge in [-0.05, 0) is 42.7 Å². The topological polar surface area (TPSA) is 56.6 Å². The molecule has 162 valence electrons. The van der Waals surface area contributed by atoms with Crippen LogP contribution < -0.4 is 4.74 Å². The first-order valence-corrected chi connectivity index (χ1v) is 10.4. The molecule has 0 N–H and O–H groups in total. The second-order valence-electron chi connectivity index (χ2n) is 7.62. The van der Waals surface area contributed by atoms with Crippen molar-refractivity contribution in [3.8, 4) is 5.75 Å². The fourth-order valence-corrected chi connectivity index (χ4v) is 3.79.